The number of nitrogens with zero attached hydrogens (tertiary/aromatic N) is 2. The van der Waals surface area contributed by atoms with Gasteiger partial charge in [0.25, 0.3) is 0 Å². The van der Waals surface area contributed by atoms with E-state index >= 15 is 0 Å². The Morgan fingerprint density at radius 1 is 1.28 bits per heavy atom. The van der Waals surface area contributed by atoms with Crippen LogP contribution in [-0.4, -0.2) is 14.9 Å². The third-order valence-electron chi connectivity index (χ3n) is 3.21. The number of rotatable bonds is 4. The van der Waals surface area contributed by atoms with E-state index in [2.05, 4.69) is 44.1 Å². The summed E-state index contributed by atoms with van der Waals surface area (Å²) < 4.78 is 1.97. The van der Waals surface area contributed by atoms with Gasteiger partial charge < -0.3 is 5.11 Å². The Kier molecular flexibility index (Phi) is 3.82. The van der Waals surface area contributed by atoms with Crippen LogP contribution in [0.1, 0.15) is 35.7 Å². The Hall–Kier alpha value is -1.61. The lowest BCUT2D eigenvalue weighted by molar-refractivity contribution is 0.280. The van der Waals surface area contributed by atoms with Crippen molar-refractivity contribution in [2.45, 2.75) is 40.2 Å². The minimum Gasteiger partial charge on any atom is -0.392 e. The number of benzene rings is 1. The molecule has 3 heteroatoms. The Morgan fingerprint density at radius 3 is 2.72 bits per heavy atom. The quantitative estimate of drug-likeness (QED) is 0.898. The second kappa shape index (κ2) is 5.36. The zero-order valence-corrected chi connectivity index (χ0v) is 11.3. The van der Waals surface area contributed by atoms with Crippen LogP contribution in [0.4, 0.5) is 0 Å². The molecule has 96 valence electrons. The summed E-state index contributed by atoms with van der Waals surface area (Å²) in [6.07, 6.45) is 3.75. The summed E-state index contributed by atoms with van der Waals surface area (Å²) in [5.41, 5.74) is 5.58. The Balaban J connectivity index is 2.56. The summed E-state index contributed by atoms with van der Waals surface area (Å²) in [6, 6.07) is 6.36. The zero-order chi connectivity index (χ0) is 13.1. The van der Waals surface area contributed by atoms with Gasteiger partial charge in [0.2, 0.25) is 0 Å². The van der Waals surface area contributed by atoms with Crippen LogP contribution >= 0.6 is 0 Å². The van der Waals surface area contributed by atoms with Gasteiger partial charge in [-0.05, 0) is 37.5 Å². The van der Waals surface area contributed by atoms with Crippen molar-refractivity contribution in [3.8, 4) is 5.69 Å². The van der Waals surface area contributed by atoms with Crippen LogP contribution < -0.4 is 0 Å². The van der Waals surface area contributed by atoms with E-state index in [0.717, 1.165) is 29.8 Å². The van der Waals surface area contributed by atoms with E-state index in [1.54, 1.807) is 6.20 Å². The van der Waals surface area contributed by atoms with E-state index in [1.165, 1.54) is 11.1 Å². The fourth-order valence-electron chi connectivity index (χ4n) is 2.20. The van der Waals surface area contributed by atoms with E-state index in [0.29, 0.717) is 0 Å². The van der Waals surface area contributed by atoms with Crippen molar-refractivity contribution in [3.05, 3.63) is 46.8 Å². The molecule has 1 aromatic heterocycles. The third kappa shape index (κ3) is 2.31. The summed E-state index contributed by atoms with van der Waals surface area (Å²) in [6.45, 7) is 6.37. The molecule has 2 rings (SSSR count). The van der Waals surface area contributed by atoms with Gasteiger partial charge in [0.15, 0.2) is 0 Å². The summed E-state index contributed by atoms with van der Waals surface area (Å²) in [7, 11) is 0. The molecule has 1 heterocycles. The van der Waals surface area contributed by atoms with Crippen molar-refractivity contribution in [1.29, 1.82) is 0 Å². The van der Waals surface area contributed by atoms with Crippen molar-refractivity contribution in [2.75, 3.05) is 0 Å². The van der Waals surface area contributed by atoms with Gasteiger partial charge >= 0.3 is 0 Å². The third-order valence-corrected chi connectivity index (χ3v) is 3.21. The largest absolute Gasteiger partial charge is 0.392 e. The molecule has 0 bridgehead atoms. The van der Waals surface area contributed by atoms with Crippen molar-refractivity contribution in [1.82, 2.24) is 9.78 Å². The van der Waals surface area contributed by atoms with Crippen LogP contribution in [-0.2, 0) is 13.0 Å². The van der Waals surface area contributed by atoms with Gasteiger partial charge in [-0.15, -0.1) is 0 Å². The molecule has 1 aromatic carbocycles. The lowest BCUT2D eigenvalue weighted by Crippen LogP contribution is -2.05. The Bertz CT molecular complexity index is 543. The number of aliphatic hydroxyl groups excluding tert-OH is 1. The highest BCUT2D eigenvalue weighted by Gasteiger charge is 2.12. The SMILES string of the molecule is CCCc1c(CO)cnn1-c1cc(C)ccc1C. The second-order valence-electron chi connectivity index (χ2n) is 4.73. The van der Waals surface area contributed by atoms with Crippen LogP contribution in [0.5, 0.6) is 0 Å². The lowest BCUT2D eigenvalue weighted by Gasteiger charge is -2.11. The van der Waals surface area contributed by atoms with Crippen LogP contribution in [0, 0.1) is 13.8 Å². The van der Waals surface area contributed by atoms with Crippen molar-refractivity contribution >= 4 is 0 Å². The van der Waals surface area contributed by atoms with Crippen LogP contribution in [0.25, 0.3) is 5.69 Å². The zero-order valence-electron chi connectivity index (χ0n) is 11.3. The fraction of sp³-hybridized carbons (Fsp3) is 0.400. The van der Waals surface area contributed by atoms with Gasteiger partial charge in [0.05, 0.1) is 18.5 Å². The maximum Gasteiger partial charge on any atom is 0.0715 e. The van der Waals surface area contributed by atoms with E-state index < -0.39 is 0 Å². The van der Waals surface area contributed by atoms with Crippen LogP contribution in [0.15, 0.2) is 24.4 Å². The molecule has 0 saturated heterocycles. The molecule has 0 saturated carbocycles. The normalized spacial score (nSPS) is 10.9. The maximum absolute atomic E-state index is 9.38. The smallest absolute Gasteiger partial charge is 0.0715 e. The highest BCUT2D eigenvalue weighted by atomic mass is 16.3. The van der Waals surface area contributed by atoms with E-state index in [4.69, 9.17) is 0 Å². The molecule has 0 amide bonds. The highest BCUT2D eigenvalue weighted by Crippen LogP contribution is 2.20. The molecule has 0 aliphatic heterocycles. The molecule has 0 radical (unpaired) electrons. The molecule has 0 aliphatic rings. The van der Waals surface area contributed by atoms with Crippen molar-refractivity contribution < 1.29 is 5.11 Å². The average molecular weight is 244 g/mol. The van der Waals surface area contributed by atoms with Crippen LogP contribution in [0.2, 0.25) is 0 Å². The molecule has 0 fully saturated rings. The van der Waals surface area contributed by atoms with Gasteiger partial charge in [0, 0.05) is 11.3 Å². The molecule has 2 aromatic rings. The minimum absolute atomic E-state index is 0.0558. The summed E-state index contributed by atoms with van der Waals surface area (Å²) in [5, 5.41) is 13.8. The first-order valence-corrected chi connectivity index (χ1v) is 6.41. The molecule has 1 N–H and O–H groups in total. The standard InChI is InChI=1S/C15H20N2O/c1-4-5-14-13(10-18)9-16-17(14)15-8-11(2)6-7-12(15)3/h6-9,18H,4-5,10H2,1-3H3. The lowest BCUT2D eigenvalue weighted by atomic mass is 10.1. The Labute approximate surface area is 108 Å². The first kappa shape index (κ1) is 12.8. The predicted molar refractivity (Wildman–Crippen MR) is 73.0 cm³/mol. The molecule has 0 unspecified atom stereocenters. The van der Waals surface area contributed by atoms with E-state index in [-0.39, 0.29) is 6.61 Å². The first-order chi connectivity index (χ1) is 8.67. The second-order valence-corrected chi connectivity index (χ2v) is 4.73. The fourth-order valence-corrected chi connectivity index (χ4v) is 2.20. The predicted octanol–water partition coefficient (Wildman–Crippen LogP) is 2.93. The van der Waals surface area contributed by atoms with Crippen molar-refractivity contribution in [3.63, 3.8) is 0 Å². The van der Waals surface area contributed by atoms with Gasteiger partial charge in [-0.1, -0.05) is 25.5 Å². The number of aliphatic hydroxyl groups is 1. The topological polar surface area (TPSA) is 38.1 Å². The molecular weight excluding hydrogens is 224 g/mol. The Morgan fingerprint density at radius 2 is 2.06 bits per heavy atom. The van der Waals surface area contributed by atoms with Gasteiger partial charge in [-0.25, -0.2) is 4.68 Å². The molecular formula is C15H20N2O. The maximum atomic E-state index is 9.38. The number of aryl methyl sites for hydroxylation is 2. The number of aromatic nitrogens is 2. The molecule has 3 nitrogen and oxygen atoms in total. The monoisotopic (exact) mass is 244 g/mol. The molecule has 18 heavy (non-hydrogen) atoms. The molecule has 0 spiro atoms. The van der Waals surface area contributed by atoms with E-state index in [1.807, 2.05) is 4.68 Å². The average Bonchev–Trinajstić information content (AvgIpc) is 2.76. The van der Waals surface area contributed by atoms with Crippen molar-refractivity contribution in [2.24, 2.45) is 0 Å². The number of hydrogen-bond donors (Lipinski definition) is 1. The minimum atomic E-state index is 0.0558. The summed E-state index contributed by atoms with van der Waals surface area (Å²) in [4.78, 5) is 0. The summed E-state index contributed by atoms with van der Waals surface area (Å²) in [5.74, 6) is 0. The van der Waals surface area contributed by atoms with Crippen LogP contribution in [0.3, 0.4) is 0 Å². The molecule has 0 atom stereocenters. The highest BCUT2D eigenvalue weighted by molar-refractivity contribution is 5.44. The molecule has 0 aliphatic carbocycles. The van der Waals surface area contributed by atoms with Gasteiger partial charge in [0.1, 0.15) is 0 Å². The summed E-state index contributed by atoms with van der Waals surface area (Å²) >= 11 is 0. The van der Waals surface area contributed by atoms with Gasteiger partial charge in [-0.3, -0.25) is 0 Å². The van der Waals surface area contributed by atoms with E-state index in [9.17, 15) is 5.11 Å². The number of hydrogen-bond acceptors (Lipinski definition) is 2. The first-order valence-electron chi connectivity index (χ1n) is 6.41. The van der Waals surface area contributed by atoms with Gasteiger partial charge in [-0.2, -0.15) is 5.10 Å².